The van der Waals surface area contributed by atoms with Crippen LogP contribution in [-0.4, -0.2) is 50.0 Å². The van der Waals surface area contributed by atoms with Crippen molar-refractivity contribution in [1.29, 1.82) is 0 Å². The van der Waals surface area contributed by atoms with Crippen molar-refractivity contribution in [2.45, 2.75) is 72.0 Å². The van der Waals surface area contributed by atoms with E-state index in [4.69, 9.17) is 0 Å². The van der Waals surface area contributed by atoms with Crippen molar-refractivity contribution in [1.82, 2.24) is 10.2 Å². The number of carbonyl (C=O) groups excluding carboxylic acids is 2. The summed E-state index contributed by atoms with van der Waals surface area (Å²) in [6.45, 7) is 10.8. The van der Waals surface area contributed by atoms with E-state index in [0.717, 1.165) is 16.1 Å². The number of rotatable bonds is 10. The molecule has 2 aromatic rings. The van der Waals surface area contributed by atoms with Gasteiger partial charge >= 0.3 is 0 Å². The highest BCUT2D eigenvalue weighted by Gasteiger charge is 2.31. The Morgan fingerprint density at radius 2 is 1.61 bits per heavy atom. The first-order chi connectivity index (χ1) is 16.6. The van der Waals surface area contributed by atoms with Crippen LogP contribution in [0.5, 0.6) is 0 Å². The minimum absolute atomic E-state index is 0.112. The van der Waals surface area contributed by atoms with Crippen LogP contribution in [-0.2, 0) is 31.6 Å². The number of anilines is 1. The fourth-order valence-corrected chi connectivity index (χ4v) is 4.45. The molecule has 0 spiro atoms. The third kappa shape index (κ3) is 7.78. The van der Waals surface area contributed by atoms with Crippen molar-refractivity contribution in [2.24, 2.45) is 0 Å². The maximum Gasteiger partial charge on any atom is 0.244 e. The van der Waals surface area contributed by atoms with Crippen molar-refractivity contribution < 1.29 is 22.4 Å². The molecule has 2 amide bonds. The minimum atomic E-state index is -3.83. The van der Waals surface area contributed by atoms with Crippen LogP contribution in [0.2, 0.25) is 0 Å². The fraction of sp³-hybridized carbons (Fsp3) is 0.481. The van der Waals surface area contributed by atoms with Crippen molar-refractivity contribution in [3.8, 4) is 0 Å². The molecule has 198 valence electrons. The predicted octanol–water partition coefficient (Wildman–Crippen LogP) is 4.22. The second-order valence-electron chi connectivity index (χ2n) is 10.2. The number of amides is 2. The van der Waals surface area contributed by atoms with Crippen molar-refractivity contribution in [3.63, 3.8) is 0 Å². The van der Waals surface area contributed by atoms with Gasteiger partial charge in [-0.15, -0.1) is 0 Å². The lowest BCUT2D eigenvalue weighted by molar-refractivity contribution is -0.139. The zero-order valence-corrected chi connectivity index (χ0v) is 23.0. The van der Waals surface area contributed by atoms with Gasteiger partial charge in [0.2, 0.25) is 21.8 Å². The first kappa shape index (κ1) is 29.3. The molecule has 1 N–H and O–H groups in total. The molecule has 2 atom stereocenters. The van der Waals surface area contributed by atoms with Gasteiger partial charge in [0.25, 0.3) is 0 Å². The van der Waals surface area contributed by atoms with E-state index in [1.807, 2.05) is 46.8 Å². The number of benzene rings is 2. The topological polar surface area (TPSA) is 86.8 Å². The van der Waals surface area contributed by atoms with Gasteiger partial charge in [-0.25, -0.2) is 12.8 Å². The molecule has 0 saturated carbocycles. The Hall–Kier alpha value is -2.94. The average molecular weight is 520 g/mol. The summed E-state index contributed by atoms with van der Waals surface area (Å²) in [6, 6.07) is 11.9. The molecule has 0 radical (unpaired) electrons. The summed E-state index contributed by atoms with van der Waals surface area (Å²) in [5.74, 6) is -1.52. The number of sulfonamides is 1. The molecule has 2 aromatic carbocycles. The normalized spacial score (nSPS) is 13.6. The molecule has 0 aliphatic heterocycles. The molecule has 7 nitrogen and oxygen atoms in total. The zero-order chi connectivity index (χ0) is 27.3. The van der Waals surface area contributed by atoms with Crippen molar-refractivity contribution >= 4 is 27.5 Å². The van der Waals surface area contributed by atoms with E-state index >= 15 is 0 Å². The van der Waals surface area contributed by atoms with E-state index < -0.39 is 40.2 Å². The summed E-state index contributed by atoms with van der Waals surface area (Å²) in [7, 11) is -3.83. The Morgan fingerprint density at radius 3 is 2.11 bits per heavy atom. The highest BCUT2D eigenvalue weighted by Crippen LogP contribution is 2.26. The van der Waals surface area contributed by atoms with E-state index in [1.54, 1.807) is 25.1 Å². The number of hydrogen-bond donors (Lipinski definition) is 1. The van der Waals surface area contributed by atoms with Gasteiger partial charge in [0, 0.05) is 18.2 Å². The van der Waals surface area contributed by atoms with E-state index in [2.05, 4.69) is 5.32 Å². The van der Waals surface area contributed by atoms with E-state index in [-0.39, 0.29) is 23.6 Å². The average Bonchev–Trinajstić information content (AvgIpc) is 2.80. The Labute approximate surface area is 214 Å². The molecule has 0 unspecified atom stereocenters. The number of halogens is 1. The molecule has 0 aliphatic carbocycles. The molecule has 0 heterocycles. The quantitative estimate of drug-likeness (QED) is 0.509. The Morgan fingerprint density at radius 1 is 1.03 bits per heavy atom. The number of nitrogens with one attached hydrogen (secondary N) is 1. The first-order valence-corrected chi connectivity index (χ1v) is 13.9. The molecule has 2 rings (SSSR count). The van der Waals surface area contributed by atoms with Crippen LogP contribution in [0.1, 0.15) is 59.1 Å². The summed E-state index contributed by atoms with van der Waals surface area (Å²) in [4.78, 5) is 27.6. The van der Waals surface area contributed by atoms with E-state index in [0.29, 0.717) is 12.1 Å². The molecule has 0 aromatic heterocycles. The van der Waals surface area contributed by atoms with Crippen LogP contribution in [0.4, 0.5) is 10.1 Å². The van der Waals surface area contributed by atoms with Gasteiger partial charge < -0.3 is 10.2 Å². The minimum Gasteiger partial charge on any atom is -0.352 e. The maximum absolute atomic E-state index is 14.4. The first-order valence-electron chi connectivity index (χ1n) is 12.1. The predicted molar refractivity (Wildman–Crippen MR) is 142 cm³/mol. The lowest BCUT2D eigenvalue weighted by Gasteiger charge is -2.32. The Bertz CT molecular complexity index is 1160. The molecule has 9 heteroatoms. The Balaban J connectivity index is 2.41. The smallest absolute Gasteiger partial charge is 0.244 e. The lowest BCUT2D eigenvalue weighted by Crippen LogP contribution is -2.52. The number of carbonyl (C=O) groups is 2. The molecular formula is C27H38FN3O4S. The summed E-state index contributed by atoms with van der Waals surface area (Å²) in [6.07, 6.45) is 1.73. The zero-order valence-electron chi connectivity index (χ0n) is 22.2. The SMILES string of the molecule is CC[C@H](C)NC(=O)[C@H](C)N(Cc1ccccc1F)C(=O)CN(c1ccc(C(C)(C)C)cc1)S(C)(=O)=O. The highest BCUT2D eigenvalue weighted by molar-refractivity contribution is 7.92. The third-order valence-electron chi connectivity index (χ3n) is 6.17. The lowest BCUT2D eigenvalue weighted by atomic mass is 9.87. The monoisotopic (exact) mass is 519 g/mol. The Kier molecular flexibility index (Phi) is 9.65. The number of nitrogens with zero attached hydrogens (tertiary/aromatic N) is 2. The van der Waals surface area contributed by atoms with Crippen LogP contribution < -0.4 is 9.62 Å². The second kappa shape index (κ2) is 11.9. The van der Waals surface area contributed by atoms with Gasteiger partial charge in [0.1, 0.15) is 18.4 Å². The summed E-state index contributed by atoms with van der Waals surface area (Å²) < 4.78 is 40.8. The van der Waals surface area contributed by atoms with Crippen LogP contribution in [0.25, 0.3) is 0 Å². The summed E-state index contributed by atoms with van der Waals surface area (Å²) >= 11 is 0. The summed E-state index contributed by atoms with van der Waals surface area (Å²) in [5, 5.41) is 2.84. The standard InChI is InChI=1S/C27H38FN3O4S/c1-8-19(2)29-26(33)20(3)30(17-21-11-9-10-12-24(21)28)25(32)18-31(36(7,34)35)23-15-13-22(14-16-23)27(4,5)6/h9-16,19-20H,8,17-18H2,1-7H3,(H,29,33)/t19-,20-/m0/s1. The van der Waals surface area contributed by atoms with Gasteiger partial charge in [-0.05, 0) is 49.4 Å². The van der Waals surface area contributed by atoms with Gasteiger partial charge in [0.15, 0.2) is 0 Å². The second-order valence-corrected chi connectivity index (χ2v) is 12.1. The largest absolute Gasteiger partial charge is 0.352 e. The van der Waals surface area contributed by atoms with E-state index in [1.165, 1.54) is 23.1 Å². The van der Waals surface area contributed by atoms with Gasteiger partial charge in [-0.3, -0.25) is 13.9 Å². The van der Waals surface area contributed by atoms with E-state index in [9.17, 15) is 22.4 Å². The molecular weight excluding hydrogens is 481 g/mol. The third-order valence-corrected chi connectivity index (χ3v) is 7.31. The van der Waals surface area contributed by atoms with Gasteiger partial charge in [0.05, 0.1) is 11.9 Å². The molecule has 0 aliphatic rings. The van der Waals surface area contributed by atoms with Crippen LogP contribution in [0.3, 0.4) is 0 Å². The van der Waals surface area contributed by atoms with Crippen molar-refractivity contribution in [2.75, 3.05) is 17.1 Å². The summed E-state index contributed by atoms with van der Waals surface area (Å²) in [5.41, 5.74) is 1.46. The fourth-order valence-electron chi connectivity index (χ4n) is 3.60. The van der Waals surface area contributed by atoms with Gasteiger partial charge in [-0.2, -0.15) is 0 Å². The maximum atomic E-state index is 14.4. The number of hydrogen-bond acceptors (Lipinski definition) is 4. The van der Waals surface area contributed by atoms with Gasteiger partial charge in [-0.1, -0.05) is 58.0 Å². The van der Waals surface area contributed by atoms with Crippen molar-refractivity contribution in [3.05, 3.63) is 65.5 Å². The molecule has 0 bridgehead atoms. The molecule has 0 fully saturated rings. The highest BCUT2D eigenvalue weighted by atomic mass is 32.2. The van der Waals surface area contributed by atoms with Crippen LogP contribution in [0.15, 0.2) is 48.5 Å². The molecule has 0 saturated heterocycles. The van der Waals surface area contributed by atoms with Crippen LogP contribution >= 0.6 is 0 Å². The molecule has 36 heavy (non-hydrogen) atoms. The van der Waals surface area contributed by atoms with Crippen LogP contribution in [0, 0.1) is 5.82 Å².